The standard InChI is InChI=1S/C23H25N3O/c1-18-16-22(24-26(18)17-19-8-4-2-5-9-19)23(27)25-14-12-21(13-15-25)20-10-6-3-7-11-20/h2-11,16,21H,12-15,17H2,1H3. The Morgan fingerprint density at radius 2 is 1.63 bits per heavy atom. The molecule has 27 heavy (non-hydrogen) atoms. The van der Waals surface area contributed by atoms with Crippen molar-refractivity contribution in [3.63, 3.8) is 0 Å². The maximum Gasteiger partial charge on any atom is 0.274 e. The maximum absolute atomic E-state index is 12.9. The van der Waals surface area contributed by atoms with Crippen molar-refractivity contribution in [2.24, 2.45) is 0 Å². The Morgan fingerprint density at radius 1 is 1.00 bits per heavy atom. The van der Waals surface area contributed by atoms with Crippen LogP contribution in [-0.2, 0) is 6.54 Å². The summed E-state index contributed by atoms with van der Waals surface area (Å²) in [5.74, 6) is 0.601. The van der Waals surface area contributed by atoms with Crippen molar-refractivity contribution in [2.45, 2.75) is 32.2 Å². The largest absolute Gasteiger partial charge is 0.337 e. The summed E-state index contributed by atoms with van der Waals surface area (Å²) in [5, 5.41) is 4.58. The Kier molecular flexibility index (Phi) is 5.05. The van der Waals surface area contributed by atoms with Crippen LogP contribution >= 0.6 is 0 Å². The summed E-state index contributed by atoms with van der Waals surface area (Å²) >= 11 is 0. The normalized spacial score (nSPS) is 15.1. The molecule has 138 valence electrons. The summed E-state index contributed by atoms with van der Waals surface area (Å²) < 4.78 is 1.92. The SMILES string of the molecule is Cc1cc(C(=O)N2CCC(c3ccccc3)CC2)nn1Cc1ccccc1. The second kappa shape index (κ2) is 7.78. The average molecular weight is 359 g/mol. The first kappa shape index (κ1) is 17.5. The zero-order chi connectivity index (χ0) is 18.6. The van der Waals surface area contributed by atoms with Gasteiger partial charge in [0.25, 0.3) is 5.91 Å². The molecule has 0 unspecified atom stereocenters. The van der Waals surface area contributed by atoms with E-state index in [0.717, 1.165) is 31.6 Å². The smallest absolute Gasteiger partial charge is 0.274 e. The summed E-state index contributed by atoms with van der Waals surface area (Å²) in [6, 6.07) is 22.7. The van der Waals surface area contributed by atoms with Gasteiger partial charge >= 0.3 is 0 Å². The highest BCUT2D eigenvalue weighted by Crippen LogP contribution is 2.28. The van der Waals surface area contributed by atoms with E-state index < -0.39 is 0 Å². The third-order valence-electron chi connectivity index (χ3n) is 5.43. The molecule has 2 heterocycles. The van der Waals surface area contributed by atoms with Gasteiger partial charge in [-0.3, -0.25) is 9.48 Å². The number of likely N-dealkylation sites (tertiary alicyclic amines) is 1. The van der Waals surface area contributed by atoms with Crippen LogP contribution in [0.25, 0.3) is 0 Å². The number of nitrogens with zero attached hydrogens (tertiary/aromatic N) is 3. The van der Waals surface area contributed by atoms with Crippen molar-refractivity contribution in [1.29, 1.82) is 0 Å². The predicted molar refractivity (Wildman–Crippen MR) is 107 cm³/mol. The van der Waals surface area contributed by atoms with Crippen LogP contribution in [0, 0.1) is 6.92 Å². The van der Waals surface area contributed by atoms with Crippen molar-refractivity contribution in [1.82, 2.24) is 14.7 Å². The van der Waals surface area contributed by atoms with Gasteiger partial charge in [-0.05, 0) is 42.9 Å². The molecule has 1 aliphatic heterocycles. The van der Waals surface area contributed by atoms with E-state index in [1.54, 1.807) is 0 Å². The molecule has 0 N–H and O–H groups in total. The van der Waals surface area contributed by atoms with E-state index in [-0.39, 0.29) is 5.91 Å². The van der Waals surface area contributed by atoms with Crippen molar-refractivity contribution < 1.29 is 4.79 Å². The van der Waals surface area contributed by atoms with Gasteiger partial charge < -0.3 is 4.90 Å². The quantitative estimate of drug-likeness (QED) is 0.698. The summed E-state index contributed by atoms with van der Waals surface area (Å²) in [6.45, 7) is 4.29. The summed E-state index contributed by atoms with van der Waals surface area (Å²) in [7, 11) is 0. The number of hydrogen-bond donors (Lipinski definition) is 0. The van der Waals surface area contributed by atoms with Crippen LogP contribution < -0.4 is 0 Å². The summed E-state index contributed by atoms with van der Waals surface area (Å²) in [5.41, 5.74) is 4.14. The van der Waals surface area contributed by atoms with Crippen LogP contribution in [0.5, 0.6) is 0 Å². The molecule has 1 aliphatic rings. The van der Waals surface area contributed by atoms with Gasteiger partial charge in [-0.15, -0.1) is 0 Å². The van der Waals surface area contributed by atoms with E-state index in [4.69, 9.17) is 0 Å². The highest BCUT2D eigenvalue weighted by molar-refractivity contribution is 5.92. The minimum Gasteiger partial charge on any atom is -0.337 e. The van der Waals surface area contributed by atoms with Crippen LogP contribution in [0.3, 0.4) is 0 Å². The van der Waals surface area contributed by atoms with Crippen molar-refractivity contribution >= 4 is 5.91 Å². The van der Waals surface area contributed by atoms with E-state index in [2.05, 4.69) is 47.6 Å². The number of aromatic nitrogens is 2. The first-order valence-electron chi connectivity index (χ1n) is 9.63. The Hall–Kier alpha value is -2.88. The Balaban J connectivity index is 1.41. The predicted octanol–water partition coefficient (Wildman–Crippen LogP) is 4.26. The third kappa shape index (κ3) is 3.95. The van der Waals surface area contributed by atoms with Crippen molar-refractivity contribution in [3.8, 4) is 0 Å². The number of amides is 1. The topological polar surface area (TPSA) is 38.1 Å². The molecule has 4 rings (SSSR count). The zero-order valence-electron chi connectivity index (χ0n) is 15.7. The Morgan fingerprint density at radius 3 is 2.30 bits per heavy atom. The first-order valence-corrected chi connectivity index (χ1v) is 9.63. The van der Waals surface area contributed by atoms with Gasteiger partial charge in [-0.2, -0.15) is 5.10 Å². The van der Waals surface area contributed by atoms with Crippen LogP contribution in [0.2, 0.25) is 0 Å². The molecule has 0 atom stereocenters. The number of hydrogen-bond acceptors (Lipinski definition) is 2. The van der Waals surface area contributed by atoms with E-state index in [0.29, 0.717) is 18.2 Å². The van der Waals surface area contributed by atoms with Crippen LogP contribution in [0.4, 0.5) is 0 Å². The second-order valence-corrected chi connectivity index (χ2v) is 7.29. The molecule has 1 amide bonds. The molecule has 2 aromatic carbocycles. The van der Waals surface area contributed by atoms with Gasteiger partial charge in [-0.1, -0.05) is 60.7 Å². The van der Waals surface area contributed by atoms with Gasteiger partial charge in [0, 0.05) is 18.8 Å². The molecule has 0 spiro atoms. The monoisotopic (exact) mass is 359 g/mol. The van der Waals surface area contributed by atoms with E-state index in [9.17, 15) is 4.79 Å². The first-order chi connectivity index (χ1) is 13.2. The lowest BCUT2D eigenvalue weighted by atomic mass is 9.89. The maximum atomic E-state index is 12.9. The van der Waals surface area contributed by atoms with Gasteiger partial charge in [0.15, 0.2) is 5.69 Å². The average Bonchev–Trinajstić information content (AvgIpc) is 3.09. The molecule has 3 aromatic rings. The number of carbonyl (C=O) groups excluding carboxylic acids is 1. The number of piperidine rings is 1. The minimum absolute atomic E-state index is 0.0522. The van der Waals surface area contributed by atoms with E-state index >= 15 is 0 Å². The third-order valence-corrected chi connectivity index (χ3v) is 5.43. The minimum atomic E-state index is 0.0522. The lowest BCUT2D eigenvalue weighted by molar-refractivity contribution is 0.0706. The van der Waals surface area contributed by atoms with Gasteiger partial charge in [-0.25, -0.2) is 0 Å². The van der Waals surface area contributed by atoms with Crippen LogP contribution in [0.1, 0.15) is 46.1 Å². The highest BCUT2D eigenvalue weighted by Gasteiger charge is 2.26. The number of aryl methyl sites for hydroxylation is 1. The molecule has 0 saturated carbocycles. The van der Waals surface area contributed by atoms with E-state index in [1.807, 2.05) is 40.8 Å². The number of benzene rings is 2. The highest BCUT2D eigenvalue weighted by atomic mass is 16.2. The van der Waals surface area contributed by atoms with Gasteiger partial charge in [0.1, 0.15) is 0 Å². The number of rotatable bonds is 4. The second-order valence-electron chi connectivity index (χ2n) is 7.29. The molecule has 0 radical (unpaired) electrons. The molecule has 4 heteroatoms. The van der Waals surface area contributed by atoms with Crippen LogP contribution in [-0.4, -0.2) is 33.7 Å². The molecule has 4 nitrogen and oxygen atoms in total. The van der Waals surface area contributed by atoms with Crippen molar-refractivity contribution in [2.75, 3.05) is 13.1 Å². The number of carbonyl (C=O) groups is 1. The fourth-order valence-electron chi connectivity index (χ4n) is 3.83. The molecule has 0 aliphatic carbocycles. The van der Waals surface area contributed by atoms with E-state index in [1.165, 1.54) is 11.1 Å². The Bertz CT molecular complexity index is 894. The summed E-state index contributed by atoms with van der Waals surface area (Å²) in [6.07, 6.45) is 2.03. The molecule has 0 bridgehead atoms. The van der Waals surface area contributed by atoms with Gasteiger partial charge in [0.05, 0.1) is 6.54 Å². The lowest BCUT2D eigenvalue weighted by Gasteiger charge is -2.31. The van der Waals surface area contributed by atoms with Crippen molar-refractivity contribution in [3.05, 3.63) is 89.2 Å². The molecule has 1 aromatic heterocycles. The molecule has 1 saturated heterocycles. The fourth-order valence-corrected chi connectivity index (χ4v) is 3.83. The lowest BCUT2D eigenvalue weighted by Crippen LogP contribution is -2.38. The molecular formula is C23H25N3O. The van der Waals surface area contributed by atoms with Crippen LogP contribution in [0.15, 0.2) is 66.7 Å². The summed E-state index contributed by atoms with van der Waals surface area (Å²) in [4.78, 5) is 14.9. The Labute approximate surface area is 160 Å². The molecular weight excluding hydrogens is 334 g/mol. The fraction of sp³-hybridized carbons (Fsp3) is 0.304. The van der Waals surface area contributed by atoms with Gasteiger partial charge in [0.2, 0.25) is 0 Å². The zero-order valence-corrected chi connectivity index (χ0v) is 15.7. The molecule has 1 fully saturated rings.